The van der Waals surface area contributed by atoms with Crippen LogP contribution in [0.25, 0.3) is 22.6 Å². The molecule has 0 radical (unpaired) electrons. The Bertz CT molecular complexity index is 1160. The van der Waals surface area contributed by atoms with Gasteiger partial charge in [-0.3, -0.25) is 4.79 Å². The van der Waals surface area contributed by atoms with E-state index < -0.39 is 0 Å². The number of aryl methyl sites for hydroxylation is 1. The molecule has 0 saturated carbocycles. The van der Waals surface area contributed by atoms with Gasteiger partial charge in [0.25, 0.3) is 0 Å². The highest BCUT2D eigenvalue weighted by atomic mass is 35.5. The zero-order valence-corrected chi connectivity index (χ0v) is 17.4. The van der Waals surface area contributed by atoms with Crippen LogP contribution in [0.2, 0.25) is 5.02 Å². The van der Waals surface area contributed by atoms with Crippen LogP contribution in [-0.2, 0) is 11.2 Å². The van der Waals surface area contributed by atoms with Crippen molar-refractivity contribution in [3.05, 3.63) is 77.3 Å². The number of carbonyl (C=O) groups is 1. The van der Waals surface area contributed by atoms with Crippen LogP contribution >= 0.6 is 23.4 Å². The number of anilines is 1. The summed E-state index contributed by atoms with van der Waals surface area (Å²) in [5.74, 6) is 0.779. The molecule has 29 heavy (non-hydrogen) atoms. The van der Waals surface area contributed by atoms with Crippen LogP contribution in [-0.4, -0.2) is 16.6 Å². The standard InChI is InChI=1S/C23H19ClN2O2S/c1-2-15-6-11-21-20(12-15)26-23(28-21)16-4-3-5-18(13-16)25-22(27)14-29-19-9-7-17(24)8-10-19/h3-13H,2,14H2,1H3,(H,25,27). The van der Waals surface area contributed by atoms with Crippen LogP contribution < -0.4 is 5.32 Å². The molecule has 0 spiro atoms. The van der Waals surface area contributed by atoms with E-state index in [0.29, 0.717) is 22.4 Å². The van der Waals surface area contributed by atoms with Crippen LogP contribution in [0.3, 0.4) is 0 Å². The van der Waals surface area contributed by atoms with Gasteiger partial charge in [-0.1, -0.05) is 30.7 Å². The molecule has 4 aromatic rings. The molecule has 0 aliphatic rings. The molecule has 4 nitrogen and oxygen atoms in total. The van der Waals surface area contributed by atoms with E-state index in [2.05, 4.69) is 17.2 Å². The zero-order valence-electron chi connectivity index (χ0n) is 15.8. The van der Waals surface area contributed by atoms with Crippen LogP contribution in [0.4, 0.5) is 5.69 Å². The highest BCUT2D eigenvalue weighted by Gasteiger charge is 2.10. The van der Waals surface area contributed by atoms with Crippen LogP contribution in [0.1, 0.15) is 12.5 Å². The Labute approximate surface area is 178 Å². The van der Waals surface area contributed by atoms with E-state index in [9.17, 15) is 4.79 Å². The van der Waals surface area contributed by atoms with Crippen molar-refractivity contribution in [1.29, 1.82) is 0 Å². The number of aromatic nitrogens is 1. The Balaban J connectivity index is 1.45. The molecule has 6 heteroatoms. The van der Waals surface area contributed by atoms with Gasteiger partial charge < -0.3 is 9.73 Å². The molecule has 3 aromatic carbocycles. The lowest BCUT2D eigenvalue weighted by atomic mass is 10.1. The summed E-state index contributed by atoms with van der Waals surface area (Å²) in [6, 6.07) is 21.0. The summed E-state index contributed by atoms with van der Waals surface area (Å²) in [7, 11) is 0. The number of rotatable bonds is 6. The first kappa shape index (κ1) is 19.6. The molecular weight excluding hydrogens is 404 g/mol. The number of halogens is 1. The number of thioether (sulfide) groups is 1. The lowest BCUT2D eigenvalue weighted by Crippen LogP contribution is -2.13. The minimum absolute atomic E-state index is 0.0766. The number of nitrogens with one attached hydrogen (secondary N) is 1. The molecule has 0 saturated heterocycles. The highest BCUT2D eigenvalue weighted by Crippen LogP contribution is 2.27. The molecular formula is C23H19ClN2O2S. The number of benzene rings is 3. The van der Waals surface area contributed by atoms with Crippen molar-refractivity contribution in [3.63, 3.8) is 0 Å². The fourth-order valence-electron chi connectivity index (χ4n) is 2.92. The second kappa shape index (κ2) is 8.72. The van der Waals surface area contributed by atoms with Crippen LogP contribution in [0, 0.1) is 0 Å². The second-order valence-electron chi connectivity index (χ2n) is 6.55. The summed E-state index contributed by atoms with van der Waals surface area (Å²) in [6.45, 7) is 2.11. The number of oxazole rings is 1. The van der Waals surface area contributed by atoms with Gasteiger partial charge in [-0.05, 0) is 66.6 Å². The number of hydrogen-bond acceptors (Lipinski definition) is 4. The van der Waals surface area contributed by atoms with E-state index >= 15 is 0 Å². The molecule has 1 heterocycles. The Hall–Kier alpha value is -2.76. The summed E-state index contributed by atoms with van der Waals surface area (Å²) in [5, 5.41) is 3.61. The van der Waals surface area contributed by atoms with Gasteiger partial charge in [0, 0.05) is 21.2 Å². The third-order valence-corrected chi connectivity index (χ3v) is 5.70. The first-order valence-corrected chi connectivity index (χ1v) is 10.6. The van der Waals surface area contributed by atoms with Crippen molar-refractivity contribution in [1.82, 2.24) is 4.98 Å². The fourth-order valence-corrected chi connectivity index (χ4v) is 3.75. The number of amides is 1. The van der Waals surface area contributed by atoms with Gasteiger partial charge in [0.05, 0.1) is 5.75 Å². The van der Waals surface area contributed by atoms with Crippen molar-refractivity contribution in [2.75, 3.05) is 11.1 Å². The van der Waals surface area contributed by atoms with Gasteiger partial charge in [-0.25, -0.2) is 4.98 Å². The minimum Gasteiger partial charge on any atom is -0.436 e. The molecule has 1 aromatic heterocycles. The van der Waals surface area contributed by atoms with Gasteiger partial charge in [-0.2, -0.15) is 0 Å². The first-order valence-electron chi connectivity index (χ1n) is 9.29. The molecule has 0 fully saturated rings. The quantitative estimate of drug-likeness (QED) is 0.363. The highest BCUT2D eigenvalue weighted by molar-refractivity contribution is 8.00. The first-order chi connectivity index (χ1) is 14.1. The summed E-state index contributed by atoms with van der Waals surface area (Å²) in [6.07, 6.45) is 0.952. The average Bonchev–Trinajstić information content (AvgIpc) is 3.17. The van der Waals surface area contributed by atoms with E-state index in [0.717, 1.165) is 28.0 Å². The van der Waals surface area contributed by atoms with E-state index in [4.69, 9.17) is 16.0 Å². The molecule has 0 unspecified atom stereocenters. The maximum absolute atomic E-state index is 12.3. The van der Waals surface area contributed by atoms with E-state index in [1.54, 1.807) is 0 Å². The zero-order chi connectivity index (χ0) is 20.2. The van der Waals surface area contributed by atoms with Crippen molar-refractivity contribution in [3.8, 4) is 11.5 Å². The van der Waals surface area contributed by atoms with Crippen molar-refractivity contribution in [2.24, 2.45) is 0 Å². The fraction of sp³-hybridized carbons (Fsp3) is 0.130. The Kier molecular flexibility index (Phi) is 5.88. The van der Waals surface area contributed by atoms with Gasteiger partial charge >= 0.3 is 0 Å². The number of fused-ring (bicyclic) bond motifs is 1. The molecule has 146 valence electrons. The molecule has 0 bridgehead atoms. The number of hydrogen-bond donors (Lipinski definition) is 1. The SMILES string of the molecule is CCc1ccc2oc(-c3cccc(NC(=O)CSc4ccc(Cl)cc4)c3)nc2c1. The largest absolute Gasteiger partial charge is 0.436 e. The van der Waals surface area contributed by atoms with E-state index in [1.165, 1.54) is 17.3 Å². The lowest BCUT2D eigenvalue weighted by molar-refractivity contribution is -0.113. The number of nitrogens with zero attached hydrogens (tertiary/aromatic N) is 1. The summed E-state index contributed by atoms with van der Waals surface area (Å²) in [4.78, 5) is 17.9. The third kappa shape index (κ3) is 4.81. The summed E-state index contributed by atoms with van der Waals surface area (Å²) >= 11 is 7.35. The van der Waals surface area contributed by atoms with Gasteiger partial charge in [0.15, 0.2) is 5.58 Å². The van der Waals surface area contributed by atoms with Crippen molar-refractivity contribution >= 4 is 46.1 Å². The predicted molar refractivity (Wildman–Crippen MR) is 120 cm³/mol. The normalized spacial score (nSPS) is 11.0. The molecule has 1 N–H and O–H groups in total. The molecule has 1 amide bonds. The maximum Gasteiger partial charge on any atom is 0.234 e. The Morgan fingerprint density at radius 2 is 1.93 bits per heavy atom. The second-order valence-corrected chi connectivity index (χ2v) is 8.03. The van der Waals surface area contributed by atoms with Gasteiger partial charge in [0.2, 0.25) is 11.8 Å². The monoisotopic (exact) mass is 422 g/mol. The summed E-state index contributed by atoms with van der Waals surface area (Å²) < 4.78 is 5.89. The van der Waals surface area contributed by atoms with Gasteiger partial charge in [0.1, 0.15) is 5.52 Å². The molecule has 0 aliphatic heterocycles. The van der Waals surface area contributed by atoms with Crippen LogP contribution in [0.5, 0.6) is 0 Å². The molecule has 0 aliphatic carbocycles. The lowest BCUT2D eigenvalue weighted by Gasteiger charge is -2.06. The third-order valence-electron chi connectivity index (χ3n) is 4.44. The topological polar surface area (TPSA) is 55.1 Å². The minimum atomic E-state index is -0.0766. The van der Waals surface area contributed by atoms with E-state index in [1.807, 2.05) is 66.7 Å². The molecule has 0 atom stereocenters. The Morgan fingerprint density at radius 1 is 1.10 bits per heavy atom. The number of carbonyl (C=O) groups excluding carboxylic acids is 1. The van der Waals surface area contributed by atoms with Gasteiger partial charge in [-0.15, -0.1) is 11.8 Å². The smallest absolute Gasteiger partial charge is 0.234 e. The average molecular weight is 423 g/mol. The molecule has 4 rings (SSSR count). The van der Waals surface area contributed by atoms with Crippen LogP contribution in [0.15, 0.2) is 76.0 Å². The predicted octanol–water partition coefficient (Wildman–Crippen LogP) is 6.44. The van der Waals surface area contributed by atoms with Crippen molar-refractivity contribution in [2.45, 2.75) is 18.2 Å². The Morgan fingerprint density at radius 3 is 2.72 bits per heavy atom. The van der Waals surface area contributed by atoms with E-state index in [-0.39, 0.29) is 5.91 Å². The summed E-state index contributed by atoms with van der Waals surface area (Å²) in [5.41, 5.74) is 4.35. The maximum atomic E-state index is 12.3. The van der Waals surface area contributed by atoms with Crippen molar-refractivity contribution < 1.29 is 9.21 Å².